The van der Waals surface area contributed by atoms with E-state index >= 15 is 0 Å². The third-order valence-electron chi connectivity index (χ3n) is 2.04. The summed E-state index contributed by atoms with van der Waals surface area (Å²) in [6.45, 7) is 10.2. The second-order valence-electron chi connectivity index (χ2n) is 3.45. The monoisotopic (exact) mass is 248 g/mol. The minimum atomic E-state index is -0.0598. The lowest BCUT2D eigenvalue weighted by Gasteiger charge is -2.16. The van der Waals surface area contributed by atoms with Gasteiger partial charge >= 0.3 is 0 Å². The minimum Gasteiger partial charge on any atom is -0.332 e. The van der Waals surface area contributed by atoms with Gasteiger partial charge < -0.3 is 4.90 Å². The van der Waals surface area contributed by atoms with Gasteiger partial charge in [-0.2, -0.15) is 0 Å². The Morgan fingerprint density at radius 3 is 2.59 bits per heavy atom. The zero-order valence-electron chi connectivity index (χ0n) is 9.93. The fourth-order valence-electron chi connectivity index (χ4n) is 1.28. The summed E-state index contributed by atoms with van der Waals surface area (Å²) in [5.74, 6) is -0.0598. The highest BCUT2D eigenvalue weighted by atomic mass is 32.1. The predicted molar refractivity (Wildman–Crippen MR) is 72.9 cm³/mol. The van der Waals surface area contributed by atoms with Gasteiger partial charge in [0.2, 0.25) is 5.91 Å². The topological polar surface area (TPSA) is 33.2 Å². The summed E-state index contributed by atoms with van der Waals surface area (Å²) < 4.78 is 0. The van der Waals surface area contributed by atoms with Crippen LogP contribution in [-0.4, -0.2) is 28.9 Å². The molecule has 0 radical (unpaired) electrons. The summed E-state index contributed by atoms with van der Waals surface area (Å²) in [5, 5.41) is 2.91. The Hall–Kier alpha value is -1.68. The molecule has 0 N–H and O–H groups in total. The lowest BCUT2D eigenvalue weighted by Crippen LogP contribution is -2.29. The van der Waals surface area contributed by atoms with Crippen LogP contribution in [0.3, 0.4) is 0 Å². The molecule has 1 aromatic rings. The van der Waals surface area contributed by atoms with E-state index in [2.05, 4.69) is 18.1 Å². The summed E-state index contributed by atoms with van der Waals surface area (Å²) >= 11 is 1.57. The molecule has 0 aliphatic rings. The first-order valence-electron chi connectivity index (χ1n) is 5.28. The molecule has 0 aliphatic heterocycles. The van der Waals surface area contributed by atoms with Crippen LogP contribution in [0.25, 0.3) is 6.08 Å². The van der Waals surface area contributed by atoms with Crippen LogP contribution in [0.5, 0.6) is 0 Å². The molecule has 0 aromatic carbocycles. The van der Waals surface area contributed by atoms with Crippen molar-refractivity contribution in [3.05, 3.63) is 47.5 Å². The number of thiazole rings is 1. The van der Waals surface area contributed by atoms with Crippen LogP contribution in [0, 0.1) is 6.92 Å². The average molecular weight is 248 g/mol. The minimum absolute atomic E-state index is 0.0598. The van der Waals surface area contributed by atoms with Crippen LogP contribution in [-0.2, 0) is 4.79 Å². The predicted octanol–water partition coefficient (Wildman–Crippen LogP) is 2.67. The number of hydrogen-bond acceptors (Lipinski definition) is 3. The van der Waals surface area contributed by atoms with Gasteiger partial charge in [0.15, 0.2) is 0 Å². The molecular formula is C13H16N2OS. The average Bonchev–Trinajstić information content (AvgIpc) is 2.72. The highest BCUT2D eigenvalue weighted by molar-refractivity contribution is 7.09. The number of carbonyl (C=O) groups is 1. The fraction of sp³-hybridized carbons (Fsp3) is 0.231. The van der Waals surface area contributed by atoms with E-state index in [0.717, 1.165) is 10.7 Å². The molecule has 90 valence electrons. The molecule has 1 aromatic heterocycles. The van der Waals surface area contributed by atoms with E-state index in [1.165, 1.54) is 6.08 Å². The molecule has 0 fully saturated rings. The summed E-state index contributed by atoms with van der Waals surface area (Å²) in [6, 6.07) is 0. The second kappa shape index (κ2) is 6.81. The largest absolute Gasteiger partial charge is 0.332 e. The van der Waals surface area contributed by atoms with E-state index in [1.807, 2.05) is 12.3 Å². The molecule has 0 atom stereocenters. The highest BCUT2D eigenvalue weighted by Gasteiger charge is 2.06. The molecule has 0 saturated carbocycles. The van der Waals surface area contributed by atoms with Gasteiger partial charge in [0, 0.05) is 24.5 Å². The summed E-state index contributed by atoms with van der Waals surface area (Å²) in [6.07, 6.45) is 6.65. The first-order chi connectivity index (χ1) is 8.17. The molecule has 0 unspecified atom stereocenters. The molecule has 0 bridgehead atoms. The molecule has 0 aliphatic carbocycles. The normalized spacial score (nSPS) is 10.4. The Kier molecular flexibility index (Phi) is 5.36. The Morgan fingerprint density at radius 1 is 1.47 bits per heavy atom. The van der Waals surface area contributed by atoms with Crippen molar-refractivity contribution in [1.29, 1.82) is 0 Å². The highest BCUT2D eigenvalue weighted by Crippen LogP contribution is 2.09. The molecule has 1 amide bonds. The first kappa shape index (κ1) is 13.4. The summed E-state index contributed by atoms with van der Waals surface area (Å²) in [4.78, 5) is 17.7. The van der Waals surface area contributed by atoms with Crippen LogP contribution >= 0.6 is 11.3 Å². The van der Waals surface area contributed by atoms with Gasteiger partial charge in [-0.25, -0.2) is 4.98 Å². The first-order valence-corrected chi connectivity index (χ1v) is 6.16. The van der Waals surface area contributed by atoms with Crippen molar-refractivity contribution in [1.82, 2.24) is 9.88 Å². The quantitative estimate of drug-likeness (QED) is 0.573. The molecule has 1 rings (SSSR count). The third-order valence-corrected chi connectivity index (χ3v) is 2.84. The van der Waals surface area contributed by atoms with Crippen molar-refractivity contribution in [3.8, 4) is 0 Å². The number of carbonyl (C=O) groups excluding carboxylic acids is 1. The van der Waals surface area contributed by atoms with E-state index in [4.69, 9.17) is 0 Å². The van der Waals surface area contributed by atoms with Gasteiger partial charge in [-0.15, -0.1) is 24.5 Å². The van der Waals surface area contributed by atoms with Crippen molar-refractivity contribution >= 4 is 23.3 Å². The second-order valence-corrected chi connectivity index (χ2v) is 4.51. The van der Waals surface area contributed by atoms with Gasteiger partial charge in [-0.1, -0.05) is 12.2 Å². The standard InChI is InChI=1S/C13H16N2OS/c1-4-8-15(9-5-2)13(16)7-6-12-10-17-11(3)14-12/h4-7,10H,1-2,8-9H2,3H3/b7-6-. The molecule has 0 spiro atoms. The van der Waals surface area contributed by atoms with Gasteiger partial charge in [0.1, 0.15) is 0 Å². The Labute approximate surface area is 106 Å². The number of amides is 1. The van der Waals surface area contributed by atoms with E-state index in [-0.39, 0.29) is 5.91 Å². The van der Waals surface area contributed by atoms with Crippen molar-refractivity contribution in [2.24, 2.45) is 0 Å². The van der Waals surface area contributed by atoms with Crippen LogP contribution < -0.4 is 0 Å². The molecule has 0 saturated heterocycles. The number of nitrogens with zero attached hydrogens (tertiary/aromatic N) is 2. The SMILES string of the molecule is C=CCN(CC=C)C(=O)/C=C\c1csc(C)n1. The Morgan fingerprint density at radius 2 is 2.12 bits per heavy atom. The molecular weight excluding hydrogens is 232 g/mol. The Balaban J connectivity index is 2.65. The smallest absolute Gasteiger partial charge is 0.247 e. The third kappa shape index (κ3) is 4.36. The summed E-state index contributed by atoms with van der Waals surface area (Å²) in [7, 11) is 0. The summed E-state index contributed by atoms with van der Waals surface area (Å²) in [5.41, 5.74) is 0.818. The van der Waals surface area contributed by atoms with Gasteiger partial charge in [-0.05, 0) is 13.0 Å². The van der Waals surface area contributed by atoms with E-state index < -0.39 is 0 Å². The number of aromatic nitrogens is 1. The maximum Gasteiger partial charge on any atom is 0.247 e. The van der Waals surface area contributed by atoms with Gasteiger partial charge in [-0.3, -0.25) is 4.79 Å². The number of rotatable bonds is 6. The maximum atomic E-state index is 11.8. The lowest BCUT2D eigenvalue weighted by molar-refractivity contribution is -0.124. The van der Waals surface area contributed by atoms with Gasteiger partial charge in [0.05, 0.1) is 10.7 Å². The van der Waals surface area contributed by atoms with Crippen LogP contribution in [0.15, 0.2) is 36.8 Å². The fourth-order valence-corrected chi connectivity index (χ4v) is 1.87. The maximum absolute atomic E-state index is 11.8. The lowest BCUT2D eigenvalue weighted by atomic mass is 10.3. The van der Waals surface area contributed by atoms with E-state index in [0.29, 0.717) is 13.1 Å². The molecule has 17 heavy (non-hydrogen) atoms. The van der Waals surface area contributed by atoms with E-state index in [9.17, 15) is 4.79 Å². The zero-order chi connectivity index (χ0) is 12.7. The number of aryl methyl sites for hydroxylation is 1. The van der Waals surface area contributed by atoms with Crippen molar-refractivity contribution in [3.63, 3.8) is 0 Å². The van der Waals surface area contributed by atoms with Crippen molar-refractivity contribution < 1.29 is 4.79 Å². The molecule has 1 heterocycles. The molecule has 3 nitrogen and oxygen atoms in total. The van der Waals surface area contributed by atoms with E-state index in [1.54, 1.807) is 34.5 Å². The van der Waals surface area contributed by atoms with Crippen LogP contribution in [0.4, 0.5) is 0 Å². The van der Waals surface area contributed by atoms with Crippen molar-refractivity contribution in [2.75, 3.05) is 13.1 Å². The number of hydrogen-bond donors (Lipinski definition) is 0. The molecule has 4 heteroatoms. The van der Waals surface area contributed by atoms with Gasteiger partial charge in [0.25, 0.3) is 0 Å². The van der Waals surface area contributed by atoms with Crippen LogP contribution in [0.2, 0.25) is 0 Å². The van der Waals surface area contributed by atoms with Crippen molar-refractivity contribution in [2.45, 2.75) is 6.92 Å². The zero-order valence-corrected chi connectivity index (χ0v) is 10.7. The van der Waals surface area contributed by atoms with Crippen LogP contribution in [0.1, 0.15) is 10.7 Å². The Bertz CT molecular complexity index is 424.